The highest BCUT2D eigenvalue weighted by atomic mass is 32.1. The topological polar surface area (TPSA) is 24.9 Å². The molecule has 1 N–H and O–H groups in total. The van der Waals surface area contributed by atoms with Gasteiger partial charge < -0.3 is 5.32 Å². The number of hydrogen-bond acceptors (Lipinski definition) is 3. The van der Waals surface area contributed by atoms with Crippen LogP contribution in [0.1, 0.15) is 31.0 Å². The average molecular weight is 210 g/mol. The maximum Gasteiger partial charge on any atom is 0.0926 e. The van der Waals surface area contributed by atoms with Crippen LogP contribution >= 0.6 is 11.3 Å². The summed E-state index contributed by atoms with van der Waals surface area (Å²) in [5.41, 5.74) is 1.16. The molecule has 0 amide bonds. The lowest BCUT2D eigenvalue weighted by atomic mass is 10.2. The first-order valence-corrected chi connectivity index (χ1v) is 5.91. The van der Waals surface area contributed by atoms with Crippen LogP contribution in [0.25, 0.3) is 0 Å². The number of thiazole rings is 1. The first-order chi connectivity index (χ1) is 6.76. The number of aromatic nitrogens is 1. The van der Waals surface area contributed by atoms with Crippen LogP contribution in [-0.4, -0.2) is 11.0 Å². The summed E-state index contributed by atoms with van der Waals surface area (Å²) in [5, 5.41) is 6.76. The molecule has 2 nitrogen and oxygen atoms in total. The van der Waals surface area contributed by atoms with Crippen LogP contribution in [0.4, 0.5) is 0 Å². The predicted molar refractivity (Wildman–Crippen MR) is 62.6 cm³/mol. The Labute approximate surface area is 90.1 Å². The second kappa shape index (κ2) is 5.94. The van der Waals surface area contributed by atoms with E-state index in [4.69, 9.17) is 0 Å². The van der Waals surface area contributed by atoms with Gasteiger partial charge in [0, 0.05) is 18.0 Å². The van der Waals surface area contributed by atoms with Crippen LogP contribution < -0.4 is 5.32 Å². The second-order valence-corrected chi connectivity index (χ2v) is 4.34. The summed E-state index contributed by atoms with van der Waals surface area (Å²) in [4.78, 5) is 4.49. The summed E-state index contributed by atoms with van der Waals surface area (Å²) in [6.07, 6.45) is 3.98. The summed E-state index contributed by atoms with van der Waals surface area (Å²) in [7, 11) is 0. The van der Waals surface area contributed by atoms with Crippen molar-refractivity contribution in [1.82, 2.24) is 10.3 Å². The molecule has 0 aromatic carbocycles. The largest absolute Gasteiger partial charge is 0.308 e. The van der Waals surface area contributed by atoms with Crippen molar-refractivity contribution in [3.05, 3.63) is 28.7 Å². The van der Waals surface area contributed by atoms with Crippen molar-refractivity contribution in [1.29, 1.82) is 0 Å². The molecule has 1 heterocycles. The van der Waals surface area contributed by atoms with Crippen molar-refractivity contribution < 1.29 is 0 Å². The molecule has 78 valence electrons. The van der Waals surface area contributed by atoms with Gasteiger partial charge in [0.25, 0.3) is 0 Å². The molecule has 1 unspecified atom stereocenters. The zero-order chi connectivity index (χ0) is 10.4. The van der Waals surface area contributed by atoms with Gasteiger partial charge in [-0.1, -0.05) is 13.0 Å². The van der Waals surface area contributed by atoms with E-state index < -0.39 is 0 Å². The Hall–Kier alpha value is -0.670. The predicted octanol–water partition coefficient (Wildman–Crippen LogP) is 2.76. The summed E-state index contributed by atoms with van der Waals surface area (Å²) in [5.74, 6) is 0. The highest BCUT2D eigenvalue weighted by Gasteiger charge is 2.02. The Kier molecular flexibility index (Phi) is 4.84. The van der Waals surface area contributed by atoms with E-state index in [0.29, 0.717) is 6.04 Å². The number of nitrogens with one attached hydrogen (secondary N) is 1. The van der Waals surface area contributed by atoms with E-state index in [1.165, 1.54) is 5.01 Å². The molecule has 0 spiro atoms. The molecule has 0 saturated carbocycles. The lowest BCUT2D eigenvalue weighted by Crippen LogP contribution is -2.24. The Bertz CT molecular complexity index is 281. The fourth-order valence-electron chi connectivity index (χ4n) is 1.20. The van der Waals surface area contributed by atoms with Gasteiger partial charge in [-0.2, -0.15) is 0 Å². The molecule has 0 aliphatic rings. The van der Waals surface area contributed by atoms with E-state index >= 15 is 0 Å². The van der Waals surface area contributed by atoms with Crippen LogP contribution in [0.15, 0.2) is 18.0 Å². The molecule has 3 heteroatoms. The molecule has 0 aliphatic heterocycles. The molecule has 1 aromatic rings. The summed E-state index contributed by atoms with van der Waals surface area (Å²) in [6.45, 7) is 8.88. The van der Waals surface area contributed by atoms with E-state index in [2.05, 4.69) is 36.1 Å². The van der Waals surface area contributed by atoms with Crippen molar-refractivity contribution >= 4 is 11.3 Å². The highest BCUT2D eigenvalue weighted by Crippen LogP contribution is 2.10. The van der Waals surface area contributed by atoms with E-state index in [-0.39, 0.29) is 0 Å². The number of hydrogen-bond donors (Lipinski definition) is 1. The van der Waals surface area contributed by atoms with Crippen LogP contribution in [0, 0.1) is 0 Å². The number of nitrogens with zero attached hydrogens (tertiary/aromatic N) is 1. The fraction of sp³-hybridized carbons (Fsp3) is 0.545. The van der Waals surface area contributed by atoms with Gasteiger partial charge in [0.15, 0.2) is 0 Å². The van der Waals surface area contributed by atoms with E-state index in [1.54, 1.807) is 11.3 Å². The van der Waals surface area contributed by atoms with Crippen molar-refractivity contribution in [2.24, 2.45) is 0 Å². The first-order valence-electron chi connectivity index (χ1n) is 5.03. The Balaban J connectivity index is 2.33. The van der Waals surface area contributed by atoms with Gasteiger partial charge in [0.05, 0.1) is 10.7 Å². The summed E-state index contributed by atoms with van der Waals surface area (Å²) >= 11 is 1.74. The molecule has 0 bridgehead atoms. The Morgan fingerprint density at radius 1 is 1.71 bits per heavy atom. The zero-order valence-electron chi connectivity index (χ0n) is 8.92. The number of aryl methyl sites for hydroxylation is 1. The summed E-state index contributed by atoms with van der Waals surface area (Å²) in [6, 6.07) is 0.485. The fourth-order valence-corrected chi connectivity index (χ4v) is 1.95. The quantitative estimate of drug-likeness (QED) is 0.730. The van der Waals surface area contributed by atoms with Gasteiger partial charge in [-0.05, 0) is 19.8 Å². The van der Waals surface area contributed by atoms with Gasteiger partial charge in [0.2, 0.25) is 0 Å². The van der Waals surface area contributed by atoms with Crippen LogP contribution in [0.2, 0.25) is 0 Å². The van der Waals surface area contributed by atoms with Crippen LogP contribution in [0.3, 0.4) is 0 Å². The van der Waals surface area contributed by atoms with E-state index in [1.807, 2.05) is 6.08 Å². The molecule has 0 saturated heterocycles. The van der Waals surface area contributed by atoms with Crippen LogP contribution in [0.5, 0.6) is 0 Å². The Morgan fingerprint density at radius 2 is 2.50 bits per heavy atom. The zero-order valence-corrected chi connectivity index (χ0v) is 9.73. The smallest absolute Gasteiger partial charge is 0.0926 e. The molecule has 1 atom stereocenters. The van der Waals surface area contributed by atoms with Crippen LogP contribution in [-0.2, 0) is 13.0 Å². The highest BCUT2D eigenvalue weighted by molar-refractivity contribution is 7.09. The molecule has 1 rings (SSSR count). The van der Waals surface area contributed by atoms with Gasteiger partial charge in [0.1, 0.15) is 0 Å². The molecule has 1 aromatic heterocycles. The van der Waals surface area contributed by atoms with E-state index in [0.717, 1.165) is 25.1 Å². The van der Waals surface area contributed by atoms with Crippen molar-refractivity contribution in [3.8, 4) is 0 Å². The third kappa shape index (κ3) is 3.60. The SMILES string of the molecule is C=CCC(C)NCc1csc(CC)n1. The van der Waals surface area contributed by atoms with Crippen molar-refractivity contribution in [3.63, 3.8) is 0 Å². The van der Waals surface area contributed by atoms with Gasteiger partial charge in [-0.15, -0.1) is 17.9 Å². The lowest BCUT2D eigenvalue weighted by molar-refractivity contribution is 0.548. The molecule has 0 fully saturated rings. The molecule has 14 heavy (non-hydrogen) atoms. The maximum atomic E-state index is 4.49. The van der Waals surface area contributed by atoms with Gasteiger partial charge in [-0.25, -0.2) is 4.98 Å². The lowest BCUT2D eigenvalue weighted by Gasteiger charge is -2.09. The number of rotatable bonds is 6. The minimum absolute atomic E-state index is 0.485. The molecule has 0 radical (unpaired) electrons. The van der Waals surface area contributed by atoms with E-state index in [9.17, 15) is 0 Å². The van der Waals surface area contributed by atoms with Gasteiger partial charge in [-0.3, -0.25) is 0 Å². The monoisotopic (exact) mass is 210 g/mol. The third-order valence-corrected chi connectivity index (χ3v) is 3.10. The molecular formula is C11H18N2S. The third-order valence-electron chi connectivity index (χ3n) is 2.05. The Morgan fingerprint density at radius 3 is 3.07 bits per heavy atom. The summed E-state index contributed by atoms with van der Waals surface area (Å²) < 4.78 is 0. The minimum Gasteiger partial charge on any atom is -0.308 e. The average Bonchev–Trinajstić information content (AvgIpc) is 2.63. The minimum atomic E-state index is 0.485. The van der Waals surface area contributed by atoms with Crippen molar-refractivity contribution in [2.45, 2.75) is 39.3 Å². The van der Waals surface area contributed by atoms with Gasteiger partial charge >= 0.3 is 0 Å². The molecule has 0 aliphatic carbocycles. The molecular weight excluding hydrogens is 192 g/mol. The first kappa shape index (κ1) is 11.4. The van der Waals surface area contributed by atoms with Crippen molar-refractivity contribution in [2.75, 3.05) is 0 Å². The maximum absolute atomic E-state index is 4.49. The normalized spacial score (nSPS) is 12.7. The second-order valence-electron chi connectivity index (χ2n) is 3.39. The standard InChI is InChI=1S/C11H18N2S/c1-4-6-9(3)12-7-10-8-14-11(5-2)13-10/h4,8-9,12H,1,5-7H2,2-3H3.